The van der Waals surface area contributed by atoms with Crippen LogP contribution in [0.4, 0.5) is 13.2 Å². The number of alkyl halides is 3. The fourth-order valence-corrected chi connectivity index (χ4v) is 1.72. The molecule has 1 aromatic rings. The Labute approximate surface area is 106 Å². The molecule has 0 spiro atoms. The maximum atomic E-state index is 12.0. The molecule has 0 aliphatic carbocycles. The molecule has 6 heteroatoms. The largest absolute Gasteiger partial charge is 0.573 e. The van der Waals surface area contributed by atoms with E-state index in [4.69, 9.17) is 7.48 Å². The Hall–Kier alpha value is -1.27. The molecule has 1 aliphatic heterocycles. The van der Waals surface area contributed by atoms with E-state index in [0.29, 0.717) is 18.5 Å². The Balaban J connectivity index is 2.03. The summed E-state index contributed by atoms with van der Waals surface area (Å²) in [5.41, 5.74) is 0.694. The van der Waals surface area contributed by atoms with Crippen molar-refractivity contribution >= 4 is 0 Å². The van der Waals surface area contributed by atoms with Crippen molar-refractivity contribution in [2.45, 2.75) is 18.9 Å². The van der Waals surface area contributed by atoms with Gasteiger partial charge in [-0.3, -0.25) is 0 Å². The van der Waals surface area contributed by atoms with Crippen molar-refractivity contribution in [3.8, 4) is 5.75 Å². The van der Waals surface area contributed by atoms with Crippen molar-refractivity contribution in [1.29, 1.82) is 0 Å². The Kier molecular flexibility index (Phi) is 3.30. The Morgan fingerprint density at radius 2 is 2.06 bits per heavy atom. The Bertz CT molecular complexity index is 451. The van der Waals surface area contributed by atoms with Crippen LogP contribution in [0.3, 0.4) is 0 Å². The average Bonchev–Trinajstić information content (AvgIpc) is 2.49. The topological polar surface area (TPSA) is 30.5 Å². The molecule has 1 atom stereocenters. The number of rotatable bonds is 2. The summed E-state index contributed by atoms with van der Waals surface area (Å²) >= 11 is 0. The van der Waals surface area contributed by atoms with Gasteiger partial charge in [0.2, 0.25) is 0 Å². The third-order valence-electron chi connectivity index (χ3n) is 2.50. The quantitative estimate of drug-likeness (QED) is 0.889. The van der Waals surface area contributed by atoms with E-state index in [9.17, 15) is 13.2 Å². The van der Waals surface area contributed by atoms with Gasteiger partial charge in [-0.2, -0.15) is 0 Å². The average molecular weight is 263 g/mol. The summed E-state index contributed by atoms with van der Waals surface area (Å²) in [5.74, 6) is -0.289. The molecule has 1 aliphatic rings. The van der Waals surface area contributed by atoms with E-state index in [1.165, 1.54) is 24.3 Å². The van der Waals surface area contributed by atoms with E-state index in [2.05, 4.69) is 10.1 Å². The van der Waals surface area contributed by atoms with Crippen LogP contribution in [0.1, 0.15) is 20.8 Å². The lowest BCUT2D eigenvalue weighted by atomic mass is 10.1. The van der Waals surface area contributed by atoms with Crippen LogP contribution < -0.4 is 10.1 Å². The molecule has 0 amide bonds. The fraction of sp³-hybridized carbons (Fsp3) is 0.500. The first-order valence-electron chi connectivity index (χ1n) is 6.47. The van der Waals surface area contributed by atoms with Gasteiger partial charge in [-0.15, -0.1) is 13.2 Å². The minimum absolute atomic E-state index is 0.113. The van der Waals surface area contributed by atoms with E-state index in [1.54, 1.807) is 0 Å². The van der Waals surface area contributed by atoms with Gasteiger partial charge in [-0.1, -0.05) is 12.1 Å². The summed E-state index contributed by atoms with van der Waals surface area (Å²) in [6, 6.07) is 5.43. The van der Waals surface area contributed by atoms with Gasteiger partial charge in [0.05, 0.1) is 12.7 Å². The maximum absolute atomic E-state index is 12.0. The van der Waals surface area contributed by atoms with Gasteiger partial charge < -0.3 is 14.8 Å². The normalized spacial score (nSPS) is 25.8. The van der Waals surface area contributed by atoms with Crippen molar-refractivity contribution in [3.63, 3.8) is 0 Å². The van der Waals surface area contributed by atoms with Crippen LogP contribution in [0.5, 0.6) is 5.75 Å². The minimum Gasteiger partial charge on any atom is -0.406 e. The summed E-state index contributed by atoms with van der Waals surface area (Å²) in [4.78, 5) is 0. The van der Waals surface area contributed by atoms with E-state index < -0.39 is 12.9 Å². The second kappa shape index (κ2) is 5.58. The van der Waals surface area contributed by atoms with Crippen LogP contribution in [0, 0.1) is 0 Å². The lowest BCUT2D eigenvalue weighted by molar-refractivity contribution is -0.274. The van der Waals surface area contributed by atoms with Crippen LogP contribution in [0.2, 0.25) is 0 Å². The summed E-state index contributed by atoms with van der Waals surface area (Å²) in [6.07, 6.45) is -4.51. The van der Waals surface area contributed by atoms with Crippen LogP contribution in [0.25, 0.3) is 0 Å². The maximum Gasteiger partial charge on any atom is 0.573 e. The molecule has 1 fully saturated rings. The number of nitrogens with one attached hydrogen (secondary N) is 1. The van der Waals surface area contributed by atoms with E-state index in [1.807, 2.05) is 0 Å². The SMILES string of the molecule is [2H]C1([2H])CO[C@@H](c2ccc(OC(F)(F)F)cc2)CCN1. The number of hydrogen-bond acceptors (Lipinski definition) is 3. The van der Waals surface area contributed by atoms with Gasteiger partial charge in [0.15, 0.2) is 0 Å². The van der Waals surface area contributed by atoms with Gasteiger partial charge in [0, 0.05) is 9.24 Å². The van der Waals surface area contributed by atoms with E-state index >= 15 is 0 Å². The molecular formula is C12H14F3NO2. The zero-order valence-corrected chi connectivity index (χ0v) is 9.46. The highest BCUT2D eigenvalue weighted by Crippen LogP contribution is 2.27. The minimum atomic E-state index is -4.71. The number of halogens is 3. The van der Waals surface area contributed by atoms with Crippen LogP contribution in [-0.4, -0.2) is 26.0 Å². The lowest BCUT2D eigenvalue weighted by Crippen LogP contribution is -2.17. The van der Waals surface area contributed by atoms with Crippen molar-refractivity contribution in [3.05, 3.63) is 29.8 Å². The smallest absolute Gasteiger partial charge is 0.406 e. The first kappa shape index (κ1) is 10.6. The summed E-state index contributed by atoms with van der Waals surface area (Å²) in [6.45, 7) is -1.27. The highest BCUT2D eigenvalue weighted by atomic mass is 19.4. The third kappa shape index (κ3) is 3.89. The van der Waals surface area contributed by atoms with E-state index in [-0.39, 0.29) is 18.5 Å². The standard InChI is InChI=1S/C12H14F3NO2/c13-12(14,15)18-10-3-1-9(2-4-10)11-5-6-16-7-8-17-11/h1-4,11,16H,5-8H2/t11-/m1/s1/i7D2. The molecule has 1 heterocycles. The monoisotopic (exact) mass is 263 g/mol. The Morgan fingerprint density at radius 3 is 2.72 bits per heavy atom. The third-order valence-corrected chi connectivity index (χ3v) is 2.50. The number of hydrogen-bond donors (Lipinski definition) is 1. The van der Waals surface area contributed by atoms with Gasteiger partial charge in [0.25, 0.3) is 0 Å². The molecular weight excluding hydrogens is 247 g/mol. The van der Waals surface area contributed by atoms with Crippen molar-refractivity contribution in [2.75, 3.05) is 19.6 Å². The van der Waals surface area contributed by atoms with Crippen LogP contribution in [0.15, 0.2) is 24.3 Å². The molecule has 1 N–H and O–H groups in total. The van der Waals surface area contributed by atoms with Gasteiger partial charge in [-0.25, -0.2) is 0 Å². The second-order valence-corrected chi connectivity index (χ2v) is 3.81. The molecule has 0 radical (unpaired) electrons. The van der Waals surface area contributed by atoms with Crippen molar-refractivity contribution in [2.24, 2.45) is 0 Å². The van der Waals surface area contributed by atoms with Gasteiger partial charge in [0.1, 0.15) is 5.75 Å². The van der Waals surface area contributed by atoms with Crippen molar-refractivity contribution in [1.82, 2.24) is 5.32 Å². The molecule has 1 aromatic carbocycles. The second-order valence-electron chi connectivity index (χ2n) is 3.81. The number of ether oxygens (including phenoxy) is 2. The molecule has 0 saturated carbocycles. The van der Waals surface area contributed by atoms with E-state index in [0.717, 1.165) is 0 Å². The first-order valence-corrected chi connectivity index (χ1v) is 5.47. The zero-order chi connectivity index (χ0) is 14.8. The van der Waals surface area contributed by atoms with Gasteiger partial charge in [-0.05, 0) is 30.7 Å². The zero-order valence-electron chi connectivity index (χ0n) is 11.5. The summed E-state index contributed by atoms with van der Waals surface area (Å²) in [5, 5.41) is 2.70. The Morgan fingerprint density at radius 1 is 1.33 bits per heavy atom. The molecule has 18 heavy (non-hydrogen) atoms. The highest BCUT2D eigenvalue weighted by Gasteiger charge is 2.31. The fourth-order valence-electron chi connectivity index (χ4n) is 1.72. The summed E-state index contributed by atoms with van der Waals surface area (Å²) in [7, 11) is 0. The molecule has 1 saturated heterocycles. The summed E-state index contributed by atoms with van der Waals surface area (Å²) < 4.78 is 60.4. The van der Waals surface area contributed by atoms with Crippen LogP contribution >= 0.6 is 0 Å². The molecule has 3 nitrogen and oxygen atoms in total. The van der Waals surface area contributed by atoms with Gasteiger partial charge >= 0.3 is 6.36 Å². The predicted molar refractivity (Wildman–Crippen MR) is 59.3 cm³/mol. The molecule has 0 bridgehead atoms. The lowest BCUT2D eigenvalue weighted by Gasteiger charge is -2.15. The number of benzene rings is 1. The molecule has 0 unspecified atom stereocenters. The first-order chi connectivity index (χ1) is 9.25. The van der Waals surface area contributed by atoms with Crippen molar-refractivity contribution < 1.29 is 25.4 Å². The highest BCUT2D eigenvalue weighted by molar-refractivity contribution is 5.28. The molecule has 2 rings (SSSR count). The van der Waals surface area contributed by atoms with Crippen LogP contribution in [-0.2, 0) is 4.74 Å². The molecule has 0 aromatic heterocycles. The predicted octanol–water partition coefficient (Wildman–Crippen LogP) is 2.64. The molecule has 100 valence electrons.